The van der Waals surface area contributed by atoms with Gasteiger partial charge in [0.25, 0.3) is 5.91 Å². The average molecular weight is 235 g/mol. The first kappa shape index (κ1) is 13.2. The van der Waals surface area contributed by atoms with Gasteiger partial charge in [-0.3, -0.25) is 9.59 Å². The summed E-state index contributed by atoms with van der Waals surface area (Å²) in [6, 6.07) is 7.26. The van der Waals surface area contributed by atoms with Gasteiger partial charge in [-0.25, -0.2) is 0 Å². The van der Waals surface area contributed by atoms with Crippen LogP contribution in [0.3, 0.4) is 0 Å². The van der Waals surface area contributed by atoms with Gasteiger partial charge in [0.2, 0.25) is 5.91 Å². The molecule has 0 aromatic heterocycles. The van der Waals surface area contributed by atoms with Gasteiger partial charge in [-0.1, -0.05) is 12.1 Å². The number of rotatable bonds is 6. The number of primary amides is 1. The summed E-state index contributed by atoms with van der Waals surface area (Å²) in [5.74, 6) is -0.632. The van der Waals surface area contributed by atoms with Crippen LogP contribution in [0.5, 0.6) is 0 Å². The zero-order valence-corrected chi connectivity index (χ0v) is 9.61. The minimum atomic E-state index is -0.429. The predicted octanol–water partition coefficient (Wildman–Crippen LogP) is -0.207. The Morgan fingerprint density at radius 3 is 2.71 bits per heavy atom. The molecule has 0 unspecified atom stereocenters. The molecule has 0 atom stereocenters. The van der Waals surface area contributed by atoms with Gasteiger partial charge in [-0.05, 0) is 30.7 Å². The number of benzene rings is 1. The summed E-state index contributed by atoms with van der Waals surface area (Å²) in [7, 11) is 0. The van der Waals surface area contributed by atoms with Gasteiger partial charge in [0.05, 0.1) is 0 Å². The number of hydrogen-bond donors (Lipinski definition) is 3. The van der Waals surface area contributed by atoms with Crippen molar-refractivity contribution in [2.75, 3.05) is 13.1 Å². The van der Waals surface area contributed by atoms with Gasteiger partial charge < -0.3 is 16.8 Å². The fourth-order valence-electron chi connectivity index (χ4n) is 1.44. The van der Waals surface area contributed by atoms with E-state index in [1.54, 1.807) is 12.1 Å². The van der Waals surface area contributed by atoms with Crippen LogP contribution in [-0.4, -0.2) is 24.9 Å². The lowest BCUT2D eigenvalue weighted by molar-refractivity contribution is -0.117. The van der Waals surface area contributed by atoms with E-state index in [9.17, 15) is 9.59 Å². The Morgan fingerprint density at radius 1 is 1.29 bits per heavy atom. The molecular formula is C12H17N3O2. The smallest absolute Gasteiger partial charge is 0.251 e. The zero-order valence-electron chi connectivity index (χ0n) is 9.61. The fourth-order valence-corrected chi connectivity index (χ4v) is 1.44. The molecule has 5 heteroatoms. The van der Waals surface area contributed by atoms with Crippen molar-refractivity contribution in [1.29, 1.82) is 0 Å². The second-order valence-electron chi connectivity index (χ2n) is 3.71. The third-order valence-electron chi connectivity index (χ3n) is 2.28. The summed E-state index contributed by atoms with van der Waals surface area (Å²) in [5.41, 5.74) is 12.0. The number of nitrogens with one attached hydrogen (secondary N) is 1. The second kappa shape index (κ2) is 6.65. The lowest BCUT2D eigenvalue weighted by Crippen LogP contribution is -2.27. The highest BCUT2D eigenvalue weighted by Crippen LogP contribution is 2.05. The van der Waals surface area contributed by atoms with Crippen LogP contribution in [0.4, 0.5) is 0 Å². The number of carbonyl (C=O) groups excluding carboxylic acids is 2. The topological polar surface area (TPSA) is 98.2 Å². The quantitative estimate of drug-likeness (QED) is 0.636. The van der Waals surface area contributed by atoms with Gasteiger partial charge in [-0.2, -0.15) is 0 Å². The molecule has 0 aliphatic heterocycles. The molecule has 2 amide bonds. The van der Waals surface area contributed by atoms with E-state index in [-0.39, 0.29) is 18.9 Å². The van der Waals surface area contributed by atoms with Crippen LogP contribution >= 0.6 is 0 Å². The van der Waals surface area contributed by atoms with Crippen molar-refractivity contribution in [3.05, 3.63) is 35.4 Å². The van der Waals surface area contributed by atoms with Gasteiger partial charge in [0, 0.05) is 18.5 Å². The van der Waals surface area contributed by atoms with Crippen LogP contribution in [0.1, 0.15) is 22.3 Å². The molecule has 0 bridgehead atoms. The lowest BCUT2D eigenvalue weighted by atomic mass is 10.1. The van der Waals surface area contributed by atoms with Crippen LogP contribution in [0.2, 0.25) is 0 Å². The minimum absolute atomic E-state index is 0.147. The predicted molar refractivity (Wildman–Crippen MR) is 65.3 cm³/mol. The van der Waals surface area contributed by atoms with E-state index in [1.165, 1.54) is 0 Å². The third-order valence-corrected chi connectivity index (χ3v) is 2.28. The minimum Gasteiger partial charge on any atom is -0.370 e. The number of nitrogens with two attached hydrogens (primary N) is 2. The average Bonchev–Trinajstić information content (AvgIpc) is 2.29. The molecule has 5 N–H and O–H groups in total. The Bertz CT molecular complexity index is 404. The number of carbonyl (C=O) groups is 2. The summed E-state index contributed by atoms with van der Waals surface area (Å²) in [6.07, 6.45) is 0.886. The van der Waals surface area contributed by atoms with Gasteiger partial charge in [0.15, 0.2) is 0 Å². The van der Waals surface area contributed by atoms with Crippen LogP contribution < -0.4 is 16.8 Å². The van der Waals surface area contributed by atoms with E-state index in [0.29, 0.717) is 12.1 Å². The number of hydrogen-bond acceptors (Lipinski definition) is 3. The largest absolute Gasteiger partial charge is 0.370 e. The van der Waals surface area contributed by atoms with Gasteiger partial charge in [-0.15, -0.1) is 0 Å². The molecule has 92 valence electrons. The molecule has 0 aliphatic carbocycles. The van der Waals surface area contributed by atoms with Crippen LogP contribution in [0.15, 0.2) is 24.3 Å². The second-order valence-corrected chi connectivity index (χ2v) is 3.71. The van der Waals surface area contributed by atoms with Crippen molar-refractivity contribution >= 4 is 11.8 Å². The maximum Gasteiger partial charge on any atom is 0.251 e. The summed E-state index contributed by atoms with van der Waals surface area (Å²) < 4.78 is 0. The molecule has 0 spiro atoms. The Labute approximate surface area is 100 Å². The molecule has 0 saturated heterocycles. The van der Waals surface area contributed by atoms with E-state index in [2.05, 4.69) is 5.32 Å². The molecule has 0 aliphatic rings. The van der Waals surface area contributed by atoms with Crippen LogP contribution in [0.25, 0.3) is 0 Å². The maximum atomic E-state index is 11.7. The van der Waals surface area contributed by atoms with Crippen molar-refractivity contribution in [2.24, 2.45) is 11.5 Å². The molecule has 0 heterocycles. The lowest BCUT2D eigenvalue weighted by Gasteiger charge is -2.05. The zero-order chi connectivity index (χ0) is 12.7. The van der Waals surface area contributed by atoms with E-state index in [1.807, 2.05) is 12.1 Å². The summed E-state index contributed by atoms with van der Waals surface area (Å²) in [5, 5.41) is 2.63. The summed E-state index contributed by atoms with van der Waals surface area (Å²) >= 11 is 0. The van der Waals surface area contributed by atoms with Crippen LogP contribution in [0, 0.1) is 0 Å². The summed E-state index contributed by atoms with van der Waals surface area (Å²) in [6.45, 7) is 0.808. The van der Waals surface area contributed by atoms with Crippen molar-refractivity contribution in [1.82, 2.24) is 5.32 Å². The van der Waals surface area contributed by atoms with E-state index < -0.39 is 5.91 Å². The first-order chi connectivity index (χ1) is 8.13. The molecule has 1 rings (SSSR count). The monoisotopic (exact) mass is 235 g/mol. The number of amides is 2. The SMILES string of the molecule is NCCc1cccc(C(=O)NCCC(N)=O)c1. The molecular weight excluding hydrogens is 218 g/mol. The van der Waals surface area contributed by atoms with Gasteiger partial charge >= 0.3 is 0 Å². The van der Waals surface area contributed by atoms with E-state index in [0.717, 1.165) is 12.0 Å². The molecule has 17 heavy (non-hydrogen) atoms. The highest BCUT2D eigenvalue weighted by Gasteiger charge is 2.05. The Kier molecular flexibility index (Phi) is 5.16. The molecule has 0 radical (unpaired) electrons. The van der Waals surface area contributed by atoms with Gasteiger partial charge in [0.1, 0.15) is 0 Å². The Morgan fingerprint density at radius 2 is 2.06 bits per heavy atom. The van der Waals surface area contributed by atoms with E-state index in [4.69, 9.17) is 11.5 Å². The first-order valence-corrected chi connectivity index (χ1v) is 5.49. The molecule has 0 saturated carbocycles. The Balaban J connectivity index is 2.56. The van der Waals surface area contributed by atoms with Crippen molar-refractivity contribution in [2.45, 2.75) is 12.8 Å². The third kappa shape index (κ3) is 4.65. The standard InChI is InChI=1S/C12H17N3O2/c13-6-4-9-2-1-3-10(8-9)12(17)15-7-5-11(14)16/h1-3,8H,4-7,13H2,(H2,14,16)(H,15,17). The van der Waals surface area contributed by atoms with Crippen molar-refractivity contribution < 1.29 is 9.59 Å². The molecule has 0 fully saturated rings. The van der Waals surface area contributed by atoms with E-state index >= 15 is 0 Å². The maximum absolute atomic E-state index is 11.7. The summed E-state index contributed by atoms with van der Waals surface area (Å²) in [4.78, 5) is 22.2. The molecule has 1 aromatic carbocycles. The van der Waals surface area contributed by atoms with Crippen LogP contribution in [-0.2, 0) is 11.2 Å². The van der Waals surface area contributed by atoms with Crippen molar-refractivity contribution in [3.63, 3.8) is 0 Å². The highest BCUT2D eigenvalue weighted by molar-refractivity contribution is 5.94. The molecule has 1 aromatic rings. The molecule has 5 nitrogen and oxygen atoms in total. The van der Waals surface area contributed by atoms with Crippen molar-refractivity contribution in [3.8, 4) is 0 Å². The normalized spacial score (nSPS) is 9.94. The first-order valence-electron chi connectivity index (χ1n) is 5.49. The highest BCUT2D eigenvalue weighted by atomic mass is 16.2. The Hall–Kier alpha value is -1.88. The fraction of sp³-hybridized carbons (Fsp3) is 0.333.